The zero-order valence-corrected chi connectivity index (χ0v) is 10.3. The van der Waals surface area contributed by atoms with Crippen LogP contribution in [-0.4, -0.2) is 42.3 Å². The van der Waals surface area contributed by atoms with Gasteiger partial charge < -0.3 is 25.1 Å². The molecule has 3 N–H and O–H groups in total. The predicted octanol–water partition coefficient (Wildman–Crippen LogP) is 0.148. The number of hydrogen-bond donors (Lipinski definition) is 2. The third-order valence-corrected chi connectivity index (χ3v) is 1.46. The maximum absolute atomic E-state index is 11.0. The second-order valence-electron chi connectivity index (χ2n) is 4.34. The van der Waals surface area contributed by atoms with E-state index in [4.69, 9.17) is 15.6 Å². The first-order chi connectivity index (χ1) is 7.74. The van der Waals surface area contributed by atoms with Gasteiger partial charge in [0.25, 0.3) is 0 Å². The Labute approximate surface area is 99.8 Å². The molecule has 0 radical (unpaired) electrons. The van der Waals surface area contributed by atoms with Crippen molar-refractivity contribution in [2.24, 2.45) is 5.73 Å². The van der Waals surface area contributed by atoms with Gasteiger partial charge in [0.05, 0.1) is 12.5 Å². The second kappa shape index (κ2) is 7.08. The number of hydrogen-bond acceptors (Lipinski definition) is 7. The Kier molecular flexibility index (Phi) is 6.52. The van der Waals surface area contributed by atoms with Crippen LogP contribution < -0.4 is 5.73 Å². The van der Waals surface area contributed by atoms with E-state index in [0.717, 1.165) is 0 Å². The molecule has 0 rings (SSSR count). The maximum atomic E-state index is 11.0. The lowest BCUT2D eigenvalue weighted by Crippen LogP contribution is -2.27. The average Bonchev–Trinajstić information content (AvgIpc) is 2.14. The monoisotopic (exact) mass is 249 g/mol. The summed E-state index contributed by atoms with van der Waals surface area (Å²) in [5.41, 5.74) is 4.43. The van der Waals surface area contributed by atoms with Crippen LogP contribution in [0.1, 0.15) is 27.2 Å². The van der Waals surface area contributed by atoms with Gasteiger partial charge in [-0.3, -0.25) is 4.79 Å². The predicted molar refractivity (Wildman–Crippen MR) is 58.0 cm³/mol. The summed E-state index contributed by atoms with van der Waals surface area (Å²) in [6, 6.07) is 0. The second-order valence-corrected chi connectivity index (χ2v) is 4.34. The molecule has 0 spiro atoms. The summed E-state index contributed by atoms with van der Waals surface area (Å²) < 4.78 is 13.8. The highest BCUT2D eigenvalue weighted by atomic mass is 16.8. The minimum Gasteiger partial charge on any atom is -0.428 e. The summed E-state index contributed by atoms with van der Waals surface area (Å²) in [7, 11) is 0. The lowest BCUT2D eigenvalue weighted by Gasteiger charge is -2.18. The third kappa shape index (κ3) is 9.58. The van der Waals surface area contributed by atoms with Crippen molar-refractivity contribution in [2.75, 3.05) is 13.3 Å². The molecule has 7 heteroatoms. The van der Waals surface area contributed by atoms with Gasteiger partial charge in [-0.1, -0.05) is 0 Å². The van der Waals surface area contributed by atoms with Crippen molar-refractivity contribution in [2.45, 2.75) is 38.9 Å². The molecule has 0 saturated heterocycles. The van der Waals surface area contributed by atoms with Crippen molar-refractivity contribution >= 4 is 12.1 Å². The summed E-state index contributed by atoms with van der Waals surface area (Å²) in [6.45, 7) is 4.45. The number of rotatable bonds is 5. The van der Waals surface area contributed by atoms with Crippen LogP contribution in [0.5, 0.6) is 0 Å². The molecule has 1 atom stereocenters. The Morgan fingerprint density at radius 1 is 1.29 bits per heavy atom. The van der Waals surface area contributed by atoms with E-state index in [1.807, 2.05) is 0 Å². The van der Waals surface area contributed by atoms with Crippen LogP contribution in [0, 0.1) is 0 Å². The first-order valence-corrected chi connectivity index (χ1v) is 5.14. The van der Waals surface area contributed by atoms with E-state index in [-0.39, 0.29) is 13.0 Å². The standard InChI is InChI=1S/C10H19NO6/c1-10(2,3)17-9(14)16-6-15-8(13)4-7(12)5-11/h7,12H,4-6,11H2,1-3H3. The topological polar surface area (TPSA) is 108 Å². The molecule has 0 bridgehead atoms. The van der Waals surface area contributed by atoms with E-state index in [1.54, 1.807) is 20.8 Å². The van der Waals surface area contributed by atoms with Gasteiger partial charge in [-0.25, -0.2) is 4.79 Å². The van der Waals surface area contributed by atoms with Gasteiger partial charge in [0.15, 0.2) is 0 Å². The molecule has 0 fully saturated rings. The quantitative estimate of drug-likeness (QED) is 0.527. The van der Waals surface area contributed by atoms with Crippen molar-refractivity contribution in [3.05, 3.63) is 0 Å². The number of carbonyl (C=O) groups excluding carboxylic acids is 2. The largest absolute Gasteiger partial charge is 0.511 e. The highest BCUT2D eigenvalue weighted by molar-refractivity contribution is 5.70. The van der Waals surface area contributed by atoms with E-state index in [9.17, 15) is 9.59 Å². The van der Waals surface area contributed by atoms with E-state index < -0.39 is 30.6 Å². The van der Waals surface area contributed by atoms with Gasteiger partial charge in [0.2, 0.25) is 6.79 Å². The van der Waals surface area contributed by atoms with Crippen LogP contribution in [0.25, 0.3) is 0 Å². The fraction of sp³-hybridized carbons (Fsp3) is 0.800. The highest BCUT2D eigenvalue weighted by Gasteiger charge is 2.18. The van der Waals surface area contributed by atoms with E-state index >= 15 is 0 Å². The molecule has 0 aromatic carbocycles. The van der Waals surface area contributed by atoms with Crippen molar-refractivity contribution < 1.29 is 28.9 Å². The fourth-order valence-corrected chi connectivity index (χ4v) is 0.757. The van der Waals surface area contributed by atoms with Gasteiger partial charge in [-0.15, -0.1) is 0 Å². The highest BCUT2D eigenvalue weighted by Crippen LogP contribution is 2.08. The van der Waals surface area contributed by atoms with E-state index in [0.29, 0.717) is 0 Å². The molecule has 0 aliphatic rings. The maximum Gasteiger partial charge on any atom is 0.511 e. The Hall–Kier alpha value is -1.34. The van der Waals surface area contributed by atoms with Crippen molar-refractivity contribution in [1.82, 2.24) is 0 Å². The number of aliphatic hydroxyl groups excluding tert-OH is 1. The molecule has 0 saturated carbocycles. The number of esters is 1. The smallest absolute Gasteiger partial charge is 0.428 e. The zero-order chi connectivity index (χ0) is 13.5. The normalized spacial score (nSPS) is 12.8. The molecule has 0 heterocycles. The molecular weight excluding hydrogens is 230 g/mol. The Bertz CT molecular complexity index is 260. The average molecular weight is 249 g/mol. The molecule has 7 nitrogen and oxygen atoms in total. The van der Waals surface area contributed by atoms with Crippen molar-refractivity contribution in [3.8, 4) is 0 Å². The van der Waals surface area contributed by atoms with Crippen LogP contribution in [0.15, 0.2) is 0 Å². The van der Waals surface area contributed by atoms with Crippen molar-refractivity contribution in [1.29, 1.82) is 0 Å². The molecule has 0 aromatic rings. The molecule has 17 heavy (non-hydrogen) atoms. The molecule has 0 amide bonds. The number of carbonyl (C=O) groups is 2. The first-order valence-electron chi connectivity index (χ1n) is 5.14. The lowest BCUT2D eigenvalue weighted by molar-refractivity contribution is -0.156. The molecule has 100 valence electrons. The van der Waals surface area contributed by atoms with Crippen LogP contribution >= 0.6 is 0 Å². The summed E-state index contributed by atoms with van der Waals surface area (Å²) in [6.07, 6.45) is -2.12. The fourth-order valence-electron chi connectivity index (χ4n) is 0.757. The molecule has 0 aliphatic heterocycles. The third-order valence-electron chi connectivity index (χ3n) is 1.46. The Morgan fingerprint density at radius 2 is 1.88 bits per heavy atom. The molecular formula is C10H19NO6. The summed E-state index contributed by atoms with van der Waals surface area (Å²) in [4.78, 5) is 22.0. The number of aliphatic hydroxyl groups is 1. The van der Waals surface area contributed by atoms with Gasteiger partial charge >= 0.3 is 12.1 Å². The summed E-state index contributed by atoms with van der Waals surface area (Å²) >= 11 is 0. The minimum absolute atomic E-state index is 0.0397. The van der Waals surface area contributed by atoms with Crippen LogP contribution in [0.2, 0.25) is 0 Å². The van der Waals surface area contributed by atoms with Gasteiger partial charge in [0, 0.05) is 6.54 Å². The molecule has 1 unspecified atom stereocenters. The van der Waals surface area contributed by atoms with E-state index in [2.05, 4.69) is 9.47 Å². The van der Waals surface area contributed by atoms with E-state index in [1.165, 1.54) is 0 Å². The lowest BCUT2D eigenvalue weighted by atomic mass is 10.2. The zero-order valence-electron chi connectivity index (χ0n) is 10.3. The van der Waals surface area contributed by atoms with Crippen LogP contribution in [0.3, 0.4) is 0 Å². The molecule has 0 aliphatic carbocycles. The van der Waals surface area contributed by atoms with Gasteiger partial charge in [0.1, 0.15) is 5.60 Å². The van der Waals surface area contributed by atoms with Gasteiger partial charge in [-0.2, -0.15) is 0 Å². The Balaban J connectivity index is 3.70. The minimum atomic E-state index is -0.955. The number of nitrogens with two attached hydrogens (primary N) is 1. The molecule has 0 aromatic heterocycles. The van der Waals surface area contributed by atoms with Crippen molar-refractivity contribution in [3.63, 3.8) is 0 Å². The SMILES string of the molecule is CC(C)(C)OC(=O)OCOC(=O)CC(O)CN. The summed E-state index contributed by atoms with van der Waals surface area (Å²) in [5.74, 6) is -0.702. The van der Waals surface area contributed by atoms with Crippen LogP contribution in [-0.2, 0) is 19.0 Å². The first kappa shape index (κ1) is 15.7. The Morgan fingerprint density at radius 3 is 2.35 bits per heavy atom. The van der Waals surface area contributed by atoms with Crippen LogP contribution in [0.4, 0.5) is 4.79 Å². The van der Waals surface area contributed by atoms with Gasteiger partial charge in [-0.05, 0) is 20.8 Å². The number of ether oxygens (including phenoxy) is 3. The summed E-state index contributed by atoms with van der Waals surface area (Å²) in [5, 5.41) is 9.03.